The molecule has 0 bridgehead atoms. The number of rotatable bonds is 8. The van der Waals surface area contributed by atoms with Gasteiger partial charge in [0, 0.05) is 36.8 Å². The molecule has 0 amide bonds. The van der Waals surface area contributed by atoms with Gasteiger partial charge in [-0.15, -0.1) is 11.3 Å². The number of aromatic nitrogens is 3. The molecule has 7 nitrogen and oxygen atoms in total. The normalized spacial score (nSPS) is 15.9. The number of nitrogens with one attached hydrogen (secondary N) is 1. The molecule has 0 unspecified atom stereocenters. The molecule has 8 heteroatoms. The van der Waals surface area contributed by atoms with Gasteiger partial charge in [-0.3, -0.25) is 14.7 Å². The van der Waals surface area contributed by atoms with E-state index in [0.29, 0.717) is 18.1 Å². The summed E-state index contributed by atoms with van der Waals surface area (Å²) in [5.41, 5.74) is 2.40. The van der Waals surface area contributed by atoms with Crippen molar-refractivity contribution >= 4 is 33.3 Å². The molecule has 0 spiro atoms. The van der Waals surface area contributed by atoms with E-state index in [1.165, 1.54) is 0 Å². The molecule has 0 aromatic carbocycles. The minimum Gasteiger partial charge on any atom is -0.379 e. The van der Waals surface area contributed by atoms with Crippen LogP contribution in [-0.4, -0.2) is 58.5 Å². The van der Waals surface area contributed by atoms with Crippen LogP contribution in [0.25, 0.3) is 10.2 Å². The Morgan fingerprint density at radius 1 is 1.33 bits per heavy atom. The van der Waals surface area contributed by atoms with Gasteiger partial charge in [0.1, 0.15) is 5.69 Å². The largest absolute Gasteiger partial charge is 0.379 e. The van der Waals surface area contributed by atoms with Crippen LogP contribution in [0.2, 0.25) is 0 Å². The van der Waals surface area contributed by atoms with E-state index in [0.717, 1.165) is 59.9 Å². The Labute approximate surface area is 180 Å². The van der Waals surface area contributed by atoms with Gasteiger partial charge in [0.2, 0.25) is 5.95 Å². The zero-order valence-electron chi connectivity index (χ0n) is 17.4. The number of hydrogen-bond donors (Lipinski definition) is 1. The predicted octanol–water partition coefficient (Wildman–Crippen LogP) is 3.86. The minimum atomic E-state index is -0.0137. The van der Waals surface area contributed by atoms with Gasteiger partial charge < -0.3 is 10.1 Å². The minimum absolute atomic E-state index is 0.0137. The topological polar surface area (TPSA) is 80.2 Å². The standard InChI is InChI=1S/C22H27N5O2S/c1-15-13-18-21(30-15)20(19(28)6-4-8-27-9-11-29-12-10-27)26-22(25-18)24-16(2)17-5-3-7-23-14-17/h3,5,7,13-14,16H,4,6,8-12H2,1-2H3,(H,24,25,26)/t16-/m0/s1. The van der Waals surface area contributed by atoms with Crippen molar-refractivity contribution in [2.24, 2.45) is 0 Å². The van der Waals surface area contributed by atoms with Crippen LogP contribution in [-0.2, 0) is 4.74 Å². The van der Waals surface area contributed by atoms with Crippen LogP contribution < -0.4 is 5.32 Å². The van der Waals surface area contributed by atoms with Crippen molar-refractivity contribution in [1.29, 1.82) is 0 Å². The summed E-state index contributed by atoms with van der Waals surface area (Å²) in [5, 5.41) is 3.33. The molecular weight excluding hydrogens is 398 g/mol. The van der Waals surface area contributed by atoms with Crippen LogP contribution in [0.5, 0.6) is 0 Å². The number of carbonyl (C=O) groups is 1. The molecule has 0 saturated carbocycles. The lowest BCUT2D eigenvalue weighted by atomic mass is 10.1. The first-order valence-electron chi connectivity index (χ1n) is 10.4. The maximum Gasteiger partial charge on any atom is 0.224 e. The van der Waals surface area contributed by atoms with Crippen LogP contribution in [0, 0.1) is 6.92 Å². The van der Waals surface area contributed by atoms with E-state index in [2.05, 4.69) is 25.2 Å². The van der Waals surface area contributed by atoms with Crippen molar-refractivity contribution in [3.8, 4) is 0 Å². The van der Waals surface area contributed by atoms with E-state index in [1.807, 2.05) is 38.2 Å². The van der Waals surface area contributed by atoms with Gasteiger partial charge in [0.25, 0.3) is 0 Å². The molecule has 1 atom stereocenters. The van der Waals surface area contributed by atoms with Crippen LogP contribution in [0.1, 0.15) is 46.7 Å². The molecule has 3 aromatic rings. The van der Waals surface area contributed by atoms with E-state index in [4.69, 9.17) is 4.74 Å². The summed E-state index contributed by atoms with van der Waals surface area (Å²) in [5.74, 6) is 0.558. The monoisotopic (exact) mass is 425 g/mol. The number of aryl methyl sites for hydroxylation is 1. The number of carbonyl (C=O) groups excluding carboxylic acids is 1. The summed E-state index contributed by atoms with van der Waals surface area (Å²) in [6.45, 7) is 8.42. The number of fused-ring (bicyclic) bond motifs is 1. The molecule has 4 rings (SSSR count). The number of ketones is 1. The molecular formula is C22H27N5O2S. The number of Topliss-reactive ketones (excluding diaryl/α,β-unsaturated/α-hetero) is 1. The zero-order valence-corrected chi connectivity index (χ0v) is 18.2. The highest BCUT2D eigenvalue weighted by Crippen LogP contribution is 2.29. The van der Waals surface area contributed by atoms with Crippen LogP contribution in [0.15, 0.2) is 30.6 Å². The fraction of sp³-hybridized carbons (Fsp3) is 0.455. The third-order valence-corrected chi connectivity index (χ3v) is 6.32. The summed E-state index contributed by atoms with van der Waals surface area (Å²) >= 11 is 1.58. The Morgan fingerprint density at radius 3 is 2.93 bits per heavy atom. The maximum atomic E-state index is 13.1. The van der Waals surface area contributed by atoms with Crippen molar-refractivity contribution in [1.82, 2.24) is 19.9 Å². The van der Waals surface area contributed by atoms with Gasteiger partial charge in [-0.2, -0.15) is 0 Å². The number of anilines is 1. The Balaban J connectivity index is 1.50. The van der Waals surface area contributed by atoms with Crippen LogP contribution in [0.4, 0.5) is 5.95 Å². The molecule has 1 aliphatic heterocycles. The maximum absolute atomic E-state index is 13.1. The van der Waals surface area contributed by atoms with E-state index in [1.54, 1.807) is 17.5 Å². The van der Waals surface area contributed by atoms with E-state index in [-0.39, 0.29) is 11.8 Å². The van der Waals surface area contributed by atoms with Crippen molar-refractivity contribution in [3.05, 3.63) is 46.7 Å². The SMILES string of the molecule is Cc1cc2nc(N[C@@H](C)c3cccnc3)nc(C(=O)CCCN3CCOCC3)c2s1. The van der Waals surface area contributed by atoms with E-state index < -0.39 is 0 Å². The molecule has 1 saturated heterocycles. The lowest BCUT2D eigenvalue weighted by Crippen LogP contribution is -2.36. The highest BCUT2D eigenvalue weighted by Gasteiger charge is 2.19. The third kappa shape index (κ3) is 5.00. The summed E-state index contributed by atoms with van der Waals surface area (Å²) < 4.78 is 6.27. The number of hydrogen-bond acceptors (Lipinski definition) is 8. The number of pyridine rings is 1. The molecule has 1 aliphatic rings. The highest BCUT2D eigenvalue weighted by atomic mass is 32.1. The lowest BCUT2D eigenvalue weighted by molar-refractivity contribution is 0.0371. The van der Waals surface area contributed by atoms with E-state index >= 15 is 0 Å². The number of nitrogens with zero attached hydrogens (tertiary/aromatic N) is 4. The van der Waals surface area contributed by atoms with Crippen molar-refractivity contribution in [3.63, 3.8) is 0 Å². The molecule has 1 N–H and O–H groups in total. The van der Waals surface area contributed by atoms with Crippen molar-refractivity contribution < 1.29 is 9.53 Å². The molecule has 30 heavy (non-hydrogen) atoms. The first kappa shape index (κ1) is 20.8. The molecule has 3 aromatic heterocycles. The van der Waals surface area contributed by atoms with Crippen molar-refractivity contribution in [2.45, 2.75) is 32.7 Å². The second-order valence-corrected chi connectivity index (χ2v) is 8.86. The van der Waals surface area contributed by atoms with Crippen LogP contribution in [0.3, 0.4) is 0 Å². The molecule has 0 radical (unpaired) electrons. The quantitative estimate of drug-likeness (QED) is 0.549. The van der Waals surface area contributed by atoms with Gasteiger partial charge in [0.15, 0.2) is 5.78 Å². The first-order chi connectivity index (χ1) is 14.6. The van der Waals surface area contributed by atoms with E-state index in [9.17, 15) is 4.79 Å². The average molecular weight is 426 g/mol. The fourth-order valence-corrected chi connectivity index (χ4v) is 4.58. The van der Waals surface area contributed by atoms with Crippen LogP contribution >= 0.6 is 11.3 Å². The smallest absolute Gasteiger partial charge is 0.224 e. The summed E-state index contributed by atoms with van der Waals surface area (Å²) in [6.07, 6.45) is 4.88. The lowest BCUT2D eigenvalue weighted by Gasteiger charge is -2.26. The number of ether oxygens (including phenoxy) is 1. The zero-order chi connectivity index (χ0) is 20.9. The predicted molar refractivity (Wildman–Crippen MR) is 119 cm³/mol. The molecule has 1 fully saturated rings. The van der Waals surface area contributed by atoms with Gasteiger partial charge in [-0.05, 0) is 44.5 Å². The van der Waals surface area contributed by atoms with Gasteiger partial charge in [0.05, 0.1) is 29.5 Å². The second-order valence-electron chi connectivity index (χ2n) is 7.60. The summed E-state index contributed by atoms with van der Waals surface area (Å²) in [7, 11) is 0. The Morgan fingerprint density at radius 2 is 2.17 bits per heavy atom. The van der Waals surface area contributed by atoms with Gasteiger partial charge >= 0.3 is 0 Å². The van der Waals surface area contributed by atoms with Crippen molar-refractivity contribution in [2.75, 3.05) is 38.2 Å². The average Bonchev–Trinajstić information content (AvgIpc) is 3.14. The number of thiophene rings is 1. The van der Waals surface area contributed by atoms with Gasteiger partial charge in [-0.1, -0.05) is 6.07 Å². The number of morpholine rings is 1. The molecule has 158 valence electrons. The molecule has 4 heterocycles. The highest BCUT2D eigenvalue weighted by molar-refractivity contribution is 7.19. The summed E-state index contributed by atoms with van der Waals surface area (Å²) in [6, 6.07) is 5.92. The Hall–Kier alpha value is -2.42. The second kappa shape index (κ2) is 9.59. The summed E-state index contributed by atoms with van der Waals surface area (Å²) in [4.78, 5) is 30.0. The van der Waals surface area contributed by atoms with Gasteiger partial charge in [-0.25, -0.2) is 9.97 Å². The fourth-order valence-electron chi connectivity index (χ4n) is 3.62. The third-order valence-electron chi connectivity index (χ3n) is 5.27. The Bertz CT molecular complexity index is 1000. The first-order valence-corrected chi connectivity index (χ1v) is 11.2. The molecule has 0 aliphatic carbocycles. The Kier molecular flexibility index (Phi) is 6.66.